The zero-order chi connectivity index (χ0) is 26.0. The van der Waals surface area contributed by atoms with Gasteiger partial charge in [-0.3, -0.25) is 4.18 Å². The van der Waals surface area contributed by atoms with Crippen LogP contribution in [-0.2, 0) is 14.6 Å². The van der Waals surface area contributed by atoms with Crippen molar-refractivity contribution in [3.63, 3.8) is 0 Å². The zero-order valence-electron chi connectivity index (χ0n) is 16.8. The Morgan fingerprint density at radius 2 is 1.15 bits per heavy atom. The second-order valence-corrected chi connectivity index (χ2v) is 7.67. The molecule has 0 bridgehead atoms. The standard InChI is InChI=1S/C14H17F13O4S.Na/c1-2-3-4-5-8(31-32(28,29)30)6-7-9(15,16)10(17,18)11(19,20)12(21,22)13(23,24)14(25,26)27;/h8H,2-7H2,1H3,(H,28,29,30);/q;+1/p-1. The summed E-state index contributed by atoms with van der Waals surface area (Å²) in [6.45, 7) is 1.59. The van der Waals surface area contributed by atoms with Crippen LogP contribution in [0.25, 0.3) is 0 Å². The molecule has 0 heterocycles. The van der Waals surface area contributed by atoms with Crippen LogP contribution in [0.15, 0.2) is 0 Å². The number of unbranched alkanes of at least 4 members (excludes halogenated alkanes) is 2. The molecular formula is C14H16F13NaO4S. The Labute approximate surface area is 201 Å². The summed E-state index contributed by atoms with van der Waals surface area (Å²) in [5.41, 5.74) is 0. The summed E-state index contributed by atoms with van der Waals surface area (Å²) >= 11 is 0. The first-order valence-electron chi connectivity index (χ1n) is 8.49. The van der Waals surface area contributed by atoms with Gasteiger partial charge in [-0.05, 0) is 12.8 Å². The van der Waals surface area contributed by atoms with E-state index in [0.29, 0.717) is 6.42 Å². The van der Waals surface area contributed by atoms with E-state index < -0.39 is 71.6 Å². The first-order valence-corrected chi connectivity index (χ1v) is 9.82. The molecule has 0 saturated carbocycles. The smallest absolute Gasteiger partial charge is 0.726 e. The van der Waals surface area contributed by atoms with Gasteiger partial charge in [-0.2, -0.15) is 57.1 Å². The molecule has 0 aromatic rings. The van der Waals surface area contributed by atoms with E-state index in [2.05, 4.69) is 4.18 Å². The third-order valence-electron chi connectivity index (χ3n) is 4.16. The van der Waals surface area contributed by atoms with Crippen LogP contribution in [0.2, 0.25) is 0 Å². The summed E-state index contributed by atoms with van der Waals surface area (Å²) in [6.07, 6.45) is -13.8. The minimum absolute atomic E-state index is 0. The maximum Gasteiger partial charge on any atom is 1.00 e. The van der Waals surface area contributed by atoms with Crippen molar-refractivity contribution < 1.29 is 104 Å². The Morgan fingerprint density at radius 1 is 0.727 bits per heavy atom. The van der Waals surface area contributed by atoms with Crippen molar-refractivity contribution in [1.29, 1.82) is 0 Å². The van der Waals surface area contributed by atoms with Gasteiger partial charge in [-0.15, -0.1) is 0 Å². The Bertz CT molecular complexity index is 725. The van der Waals surface area contributed by atoms with Crippen molar-refractivity contribution in [3.05, 3.63) is 0 Å². The predicted octanol–water partition coefficient (Wildman–Crippen LogP) is 2.94. The third kappa shape index (κ3) is 7.72. The molecule has 0 radical (unpaired) electrons. The van der Waals surface area contributed by atoms with E-state index in [1.807, 2.05) is 0 Å². The quantitative estimate of drug-likeness (QED) is 0.116. The molecule has 1 atom stereocenters. The van der Waals surface area contributed by atoms with E-state index in [4.69, 9.17) is 0 Å². The van der Waals surface area contributed by atoms with E-state index in [1.54, 1.807) is 6.92 Å². The van der Waals surface area contributed by atoms with Gasteiger partial charge in [-0.25, -0.2) is 8.42 Å². The largest absolute Gasteiger partial charge is 1.00 e. The van der Waals surface area contributed by atoms with Crippen molar-refractivity contribution in [1.82, 2.24) is 0 Å². The average Bonchev–Trinajstić information content (AvgIpc) is 2.56. The molecule has 0 aliphatic rings. The second-order valence-electron chi connectivity index (χ2n) is 6.66. The molecule has 0 aliphatic carbocycles. The van der Waals surface area contributed by atoms with Gasteiger partial charge in [0.15, 0.2) is 0 Å². The zero-order valence-corrected chi connectivity index (χ0v) is 19.6. The van der Waals surface area contributed by atoms with E-state index >= 15 is 0 Å². The molecule has 0 rings (SSSR count). The fourth-order valence-electron chi connectivity index (χ4n) is 2.33. The second kappa shape index (κ2) is 11.3. The number of alkyl halides is 13. The summed E-state index contributed by atoms with van der Waals surface area (Å²) in [6, 6.07) is 0. The van der Waals surface area contributed by atoms with Gasteiger partial charge in [-0.1, -0.05) is 26.2 Å². The van der Waals surface area contributed by atoms with Crippen LogP contribution in [-0.4, -0.2) is 54.9 Å². The number of halogens is 13. The van der Waals surface area contributed by atoms with Crippen LogP contribution in [0, 0.1) is 0 Å². The van der Waals surface area contributed by atoms with Crippen molar-refractivity contribution in [3.8, 4) is 0 Å². The molecule has 0 aromatic heterocycles. The summed E-state index contributed by atoms with van der Waals surface area (Å²) in [4.78, 5) is 0. The van der Waals surface area contributed by atoms with Crippen LogP contribution >= 0.6 is 0 Å². The van der Waals surface area contributed by atoms with Crippen LogP contribution in [0.1, 0.15) is 45.4 Å². The van der Waals surface area contributed by atoms with Crippen LogP contribution in [0.4, 0.5) is 57.1 Å². The molecule has 0 aromatic carbocycles. The molecule has 33 heavy (non-hydrogen) atoms. The topological polar surface area (TPSA) is 66.4 Å². The fourth-order valence-corrected chi connectivity index (χ4v) is 2.86. The Kier molecular flexibility index (Phi) is 12.1. The van der Waals surface area contributed by atoms with Gasteiger partial charge in [0.1, 0.15) is 0 Å². The molecule has 4 nitrogen and oxygen atoms in total. The molecule has 0 N–H and O–H groups in total. The normalized spacial score (nSPS) is 15.8. The van der Waals surface area contributed by atoms with E-state index in [0.717, 1.165) is 0 Å². The van der Waals surface area contributed by atoms with Crippen LogP contribution < -0.4 is 29.6 Å². The Balaban J connectivity index is 0. The predicted molar refractivity (Wildman–Crippen MR) is 78.7 cm³/mol. The SMILES string of the molecule is CCCCCC(CCC(F)(F)C(F)(F)C(F)(F)C(F)(F)C(F)(F)C(F)(F)F)OS(=O)(=O)[O-].[Na+]. The first-order chi connectivity index (χ1) is 13.9. The van der Waals surface area contributed by atoms with Crippen LogP contribution in [0.3, 0.4) is 0 Å². The van der Waals surface area contributed by atoms with Gasteiger partial charge in [0.05, 0.1) is 6.10 Å². The average molecular weight is 550 g/mol. The monoisotopic (exact) mass is 550 g/mol. The molecule has 0 spiro atoms. The molecule has 0 saturated heterocycles. The molecule has 19 heteroatoms. The number of rotatable bonds is 13. The summed E-state index contributed by atoms with van der Waals surface area (Å²) in [7, 11) is -5.63. The van der Waals surface area contributed by atoms with Gasteiger partial charge in [0.25, 0.3) is 0 Å². The fraction of sp³-hybridized carbons (Fsp3) is 1.00. The van der Waals surface area contributed by atoms with Crippen molar-refractivity contribution in [2.75, 3.05) is 0 Å². The van der Waals surface area contributed by atoms with Crippen molar-refractivity contribution in [2.45, 2.75) is 87.3 Å². The van der Waals surface area contributed by atoms with Gasteiger partial charge >= 0.3 is 65.3 Å². The van der Waals surface area contributed by atoms with E-state index in [-0.39, 0.29) is 42.4 Å². The first kappa shape index (κ1) is 35.1. The minimum Gasteiger partial charge on any atom is -0.726 e. The maximum absolute atomic E-state index is 13.7. The van der Waals surface area contributed by atoms with Gasteiger partial charge in [0.2, 0.25) is 10.4 Å². The summed E-state index contributed by atoms with van der Waals surface area (Å²) in [5.74, 6) is -37.6. The van der Waals surface area contributed by atoms with Crippen molar-refractivity contribution in [2.24, 2.45) is 0 Å². The molecule has 194 valence electrons. The Morgan fingerprint density at radius 3 is 1.52 bits per heavy atom. The van der Waals surface area contributed by atoms with Gasteiger partial charge in [0, 0.05) is 6.42 Å². The molecule has 0 aliphatic heterocycles. The summed E-state index contributed by atoms with van der Waals surface area (Å²) in [5, 5.41) is 0. The van der Waals surface area contributed by atoms with E-state index in [1.165, 1.54) is 0 Å². The molecule has 0 amide bonds. The number of hydrogen-bond acceptors (Lipinski definition) is 4. The maximum atomic E-state index is 13.7. The molecule has 0 fully saturated rings. The van der Waals surface area contributed by atoms with E-state index in [9.17, 15) is 70.0 Å². The number of hydrogen-bond donors (Lipinski definition) is 0. The third-order valence-corrected chi connectivity index (χ3v) is 4.67. The van der Waals surface area contributed by atoms with Crippen molar-refractivity contribution >= 4 is 10.4 Å². The summed E-state index contributed by atoms with van der Waals surface area (Å²) < 4.78 is 205. The molecule has 1 unspecified atom stereocenters. The molecular weight excluding hydrogens is 534 g/mol. The minimum atomic E-state index is -8.01. The Hall–Kier alpha value is -0.0400. The van der Waals surface area contributed by atoms with Crippen LogP contribution in [0.5, 0.6) is 0 Å². The van der Waals surface area contributed by atoms with Gasteiger partial charge < -0.3 is 4.55 Å².